The zero-order valence-corrected chi connectivity index (χ0v) is 19.8. The summed E-state index contributed by atoms with van der Waals surface area (Å²) in [5.74, 6) is 0. The Morgan fingerprint density at radius 2 is 1.27 bits per heavy atom. The zero-order chi connectivity index (χ0) is 19.1. The predicted molar refractivity (Wildman–Crippen MR) is 99.1 cm³/mol. The molecule has 26 heavy (non-hydrogen) atoms. The van der Waals surface area contributed by atoms with Crippen LogP contribution < -0.4 is 27.3 Å². The average Bonchev–Trinajstić information content (AvgIpc) is 2.66. The summed E-state index contributed by atoms with van der Waals surface area (Å²) < 4.78 is 36.8. The third-order valence-electron chi connectivity index (χ3n) is 4.37. The first-order valence-corrected chi connectivity index (χ1v) is 11.8. The van der Waals surface area contributed by atoms with Gasteiger partial charge in [-0.1, -0.05) is 13.8 Å². The molecule has 1 aromatic heterocycles. The molecule has 0 fully saturated rings. The van der Waals surface area contributed by atoms with Gasteiger partial charge in [-0.25, -0.2) is 4.57 Å². The first kappa shape index (κ1) is 25.6. The molecular formula is C16H32ClNO6Si2. The minimum absolute atomic E-state index is 0. The van der Waals surface area contributed by atoms with Gasteiger partial charge in [-0.2, -0.15) is 0 Å². The lowest BCUT2D eigenvalue weighted by atomic mass is 10.2. The highest BCUT2D eigenvalue weighted by Gasteiger charge is 2.55. The van der Waals surface area contributed by atoms with Gasteiger partial charge in [0, 0.05) is 66.8 Å². The van der Waals surface area contributed by atoms with Crippen molar-refractivity contribution in [1.29, 1.82) is 0 Å². The number of aromatic nitrogens is 1. The largest absolute Gasteiger partial charge is 1.00 e. The molecule has 0 aliphatic rings. The monoisotopic (exact) mass is 425 g/mol. The van der Waals surface area contributed by atoms with Crippen LogP contribution in [0.2, 0.25) is 0 Å². The SMILES string of the molecule is CCC[n+]1ccc([Si](OC)(OC)OC)c([Si](OC)(OC)OC)c1CC.[Cl-]. The van der Waals surface area contributed by atoms with E-state index in [4.69, 9.17) is 26.6 Å². The fourth-order valence-electron chi connectivity index (χ4n) is 3.20. The maximum Gasteiger partial charge on any atom is 0.543 e. The molecule has 0 aromatic carbocycles. The van der Waals surface area contributed by atoms with E-state index in [2.05, 4.69) is 18.4 Å². The molecule has 0 aliphatic heterocycles. The maximum absolute atomic E-state index is 5.80. The first-order chi connectivity index (χ1) is 12.0. The summed E-state index contributed by atoms with van der Waals surface area (Å²) in [6.07, 6.45) is 3.84. The topological polar surface area (TPSA) is 59.3 Å². The van der Waals surface area contributed by atoms with Gasteiger partial charge in [-0.3, -0.25) is 0 Å². The molecular weight excluding hydrogens is 394 g/mol. The number of nitrogens with zero attached hydrogens (tertiary/aromatic N) is 1. The number of rotatable bonds is 11. The molecule has 0 spiro atoms. The molecule has 0 atom stereocenters. The van der Waals surface area contributed by atoms with Crippen molar-refractivity contribution in [2.75, 3.05) is 42.7 Å². The lowest BCUT2D eigenvalue weighted by Gasteiger charge is -2.32. The highest BCUT2D eigenvalue weighted by atomic mass is 35.5. The Morgan fingerprint density at radius 3 is 1.62 bits per heavy atom. The van der Waals surface area contributed by atoms with Crippen LogP contribution in [0.4, 0.5) is 0 Å². The molecule has 0 N–H and O–H groups in total. The molecule has 0 radical (unpaired) electrons. The minimum atomic E-state index is -3.15. The molecule has 0 saturated carbocycles. The van der Waals surface area contributed by atoms with E-state index in [9.17, 15) is 0 Å². The second-order valence-electron chi connectivity index (χ2n) is 5.44. The second-order valence-corrected chi connectivity index (χ2v) is 11.1. The number of hydrogen-bond donors (Lipinski definition) is 0. The summed E-state index contributed by atoms with van der Waals surface area (Å²) in [6.45, 7) is 5.14. The Labute approximate surface area is 165 Å². The minimum Gasteiger partial charge on any atom is -1.00 e. The van der Waals surface area contributed by atoms with Gasteiger partial charge in [-0.05, 0) is 0 Å². The van der Waals surface area contributed by atoms with Gasteiger partial charge >= 0.3 is 17.6 Å². The van der Waals surface area contributed by atoms with Crippen LogP contribution >= 0.6 is 0 Å². The van der Waals surface area contributed by atoms with Crippen molar-refractivity contribution in [2.24, 2.45) is 0 Å². The van der Waals surface area contributed by atoms with Crippen molar-refractivity contribution >= 4 is 28.0 Å². The molecule has 152 valence electrons. The summed E-state index contributed by atoms with van der Waals surface area (Å²) in [6, 6.07) is 1.98. The molecule has 7 nitrogen and oxygen atoms in total. The third-order valence-corrected chi connectivity index (χ3v) is 10.1. The summed E-state index contributed by atoms with van der Waals surface area (Å²) >= 11 is 0. The number of halogens is 1. The van der Waals surface area contributed by atoms with Crippen molar-refractivity contribution in [3.8, 4) is 0 Å². The van der Waals surface area contributed by atoms with Gasteiger partial charge in [0.2, 0.25) is 0 Å². The van der Waals surface area contributed by atoms with Crippen LogP contribution in [0.3, 0.4) is 0 Å². The van der Waals surface area contributed by atoms with Crippen LogP contribution in [0.15, 0.2) is 12.3 Å². The smallest absolute Gasteiger partial charge is 0.543 e. The van der Waals surface area contributed by atoms with Gasteiger partial charge in [-0.15, -0.1) is 0 Å². The van der Waals surface area contributed by atoms with Crippen molar-refractivity contribution in [1.82, 2.24) is 0 Å². The third kappa shape index (κ3) is 4.54. The van der Waals surface area contributed by atoms with E-state index >= 15 is 0 Å². The van der Waals surface area contributed by atoms with Crippen LogP contribution in [0, 0.1) is 0 Å². The van der Waals surface area contributed by atoms with Crippen LogP contribution in [-0.2, 0) is 39.5 Å². The quantitative estimate of drug-likeness (QED) is 0.280. The van der Waals surface area contributed by atoms with Gasteiger partial charge in [0.1, 0.15) is 6.54 Å². The Kier molecular flexibility index (Phi) is 11.3. The van der Waals surface area contributed by atoms with E-state index in [0.29, 0.717) is 0 Å². The fourth-order valence-corrected chi connectivity index (χ4v) is 8.21. The Bertz CT molecular complexity index is 539. The van der Waals surface area contributed by atoms with E-state index in [-0.39, 0.29) is 12.4 Å². The lowest BCUT2D eigenvalue weighted by molar-refractivity contribution is -0.703. The predicted octanol–water partition coefficient (Wildman–Crippen LogP) is -2.88. The molecule has 1 heterocycles. The first-order valence-electron chi connectivity index (χ1n) is 8.36. The molecule has 0 saturated heterocycles. The summed E-state index contributed by atoms with van der Waals surface area (Å²) in [7, 11) is 3.35. The van der Waals surface area contributed by atoms with Crippen molar-refractivity contribution < 1.29 is 43.5 Å². The van der Waals surface area contributed by atoms with Crippen molar-refractivity contribution in [2.45, 2.75) is 33.2 Å². The van der Waals surface area contributed by atoms with E-state index in [0.717, 1.165) is 35.5 Å². The highest BCUT2D eigenvalue weighted by molar-refractivity contribution is 6.86. The van der Waals surface area contributed by atoms with Crippen LogP contribution in [0.25, 0.3) is 0 Å². The lowest BCUT2D eigenvalue weighted by Crippen LogP contribution is -3.00. The summed E-state index contributed by atoms with van der Waals surface area (Å²) in [5, 5.41) is 1.69. The van der Waals surface area contributed by atoms with E-state index in [1.807, 2.05) is 12.3 Å². The normalized spacial score (nSPS) is 12.2. The van der Waals surface area contributed by atoms with E-state index in [1.165, 1.54) is 0 Å². The highest BCUT2D eigenvalue weighted by Crippen LogP contribution is 2.13. The standard InChI is InChI=1S/C16H32NO6Si2.ClH/c1-9-12-17-13-11-15(24(18-3,19-4)20-5)16(14(17)10-2)25(21-6,22-7)23-8;/h11,13H,9-10,12H2,1-8H3;1H/q+1;/p-1. The van der Waals surface area contributed by atoms with Crippen molar-refractivity contribution in [3.05, 3.63) is 18.0 Å². The second kappa shape index (κ2) is 11.5. The molecule has 0 bridgehead atoms. The van der Waals surface area contributed by atoms with Crippen molar-refractivity contribution in [3.63, 3.8) is 0 Å². The Morgan fingerprint density at radius 1 is 0.808 bits per heavy atom. The fraction of sp³-hybridized carbons (Fsp3) is 0.688. The molecule has 1 aromatic rings. The molecule has 1 rings (SSSR count). The van der Waals surface area contributed by atoms with Gasteiger partial charge in [0.15, 0.2) is 11.9 Å². The van der Waals surface area contributed by atoms with Gasteiger partial charge in [0.25, 0.3) is 0 Å². The summed E-state index contributed by atoms with van der Waals surface area (Å²) in [5.41, 5.74) is 1.08. The molecule has 0 unspecified atom stereocenters. The summed E-state index contributed by atoms with van der Waals surface area (Å²) in [4.78, 5) is 0. The van der Waals surface area contributed by atoms with Gasteiger partial charge in [0.05, 0.1) is 5.19 Å². The number of aryl methyl sites for hydroxylation is 1. The number of pyridine rings is 1. The van der Waals surface area contributed by atoms with E-state index in [1.54, 1.807) is 42.7 Å². The number of hydrogen-bond acceptors (Lipinski definition) is 6. The Hall–Kier alpha value is -0.366. The molecule has 0 amide bonds. The zero-order valence-electron chi connectivity index (χ0n) is 17.1. The van der Waals surface area contributed by atoms with Crippen LogP contribution in [0.5, 0.6) is 0 Å². The van der Waals surface area contributed by atoms with Crippen LogP contribution in [-0.4, -0.2) is 60.3 Å². The maximum atomic E-state index is 5.80. The Balaban J connectivity index is 0.00000625. The molecule has 0 aliphatic carbocycles. The van der Waals surface area contributed by atoms with E-state index < -0.39 is 17.6 Å². The average molecular weight is 426 g/mol. The van der Waals surface area contributed by atoms with Crippen LogP contribution in [0.1, 0.15) is 26.0 Å². The van der Waals surface area contributed by atoms with Gasteiger partial charge < -0.3 is 39.0 Å². The molecule has 10 heteroatoms.